The molecule has 5 nitrogen and oxygen atoms in total. The van der Waals surface area contributed by atoms with Gasteiger partial charge in [-0.1, -0.05) is 24.3 Å². The molecule has 112 valence electrons. The standard InChI is InChI=1S/C18H13N3O2/c19-9-14(18(22)23)8-15-12-21(11-13-4-3-7-20-10-13)17-6-2-1-5-16(15)17/h1-8,10,12H,11H2,(H,22,23)/b14-8+. The maximum Gasteiger partial charge on any atom is 0.346 e. The van der Waals surface area contributed by atoms with E-state index in [-0.39, 0.29) is 5.57 Å². The summed E-state index contributed by atoms with van der Waals surface area (Å²) in [5, 5.41) is 18.9. The highest BCUT2D eigenvalue weighted by Crippen LogP contribution is 2.24. The average molecular weight is 303 g/mol. The molecule has 2 heterocycles. The van der Waals surface area contributed by atoms with E-state index in [1.807, 2.05) is 47.2 Å². The van der Waals surface area contributed by atoms with Gasteiger partial charge in [0.1, 0.15) is 11.6 Å². The number of carbonyl (C=O) groups is 1. The number of hydrogen-bond donors (Lipinski definition) is 1. The molecule has 0 spiro atoms. The van der Waals surface area contributed by atoms with Crippen LogP contribution in [0.2, 0.25) is 0 Å². The van der Waals surface area contributed by atoms with Gasteiger partial charge in [-0.05, 0) is 23.8 Å². The van der Waals surface area contributed by atoms with E-state index in [1.165, 1.54) is 6.08 Å². The molecule has 0 aliphatic heterocycles. The normalized spacial score (nSPS) is 11.3. The van der Waals surface area contributed by atoms with Gasteiger partial charge in [0.05, 0.1) is 0 Å². The van der Waals surface area contributed by atoms with E-state index in [4.69, 9.17) is 10.4 Å². The Morgan fingerprint density at radius 3 is 2.83 bits per heavy atom. The van der Waals surface area contributed by atoms with Crippen molar-refractivity contribution in [3.63, 3.8) is 0 Å². The second kappa shape index (κ2) is 6.16. The minimum atomic E-state index is -1.23. The van der Waals surface area contributed by atoms with Crippen LogP contribution in [0.5, 0.6) is 0 Å². The van der Waals surface area contributed by atoms with Crippen LogP contribution in [0.25, 0.3) is 17.0 Å². The Morgan fingerprint density at radius 2 is 2.13 bits per heavy atom. The minimum absolute atomic E-state index is 0.283. The summed E-state index contributed by atoms with van der Waals surface area (Å²) >= 11 is 0. The van der Waals surface area contributed by atoms with Crippen LogP contribution >= 0.6 is 0 Å². The largest absolute Gasteiger partial charge is 0.477 e. The first-order valence-electron chi connectivity index (χ1n) is 7.01. The summed E-state index contributed by atoms with van der Waals surface area (Å²) in [4.78, 5) is 15.2. The third-order valence-electron chi connectivity index (χ3n) is 3.55. The molecule has 1 aromatic carbocycles. The Hall–Kier alpha value is -3.39. The lowest BCUT2D eigenvalue weighted by Gasteiger charge is -2.04. The molecule has 3 rings (SSSR count). The number of hydrogen-bond acceptors (Lipinski definition) is 3. The number of carboxylic acid groups (broad SMARTS) is 1. The van der Waals surface area contributed by atoms with Crippen molar-refractivity contribution in [2.45, 2.75) is 6.54 Å². The summed E-state index contributed by atoms with van der Waals surface area (Å²) in [6, 6.07) is 13.3. The lowest BCUT2D eigenvalue weighted by atomic mass is 10.1. The molecule has 23 heavy (non-hydrogen) atoms. The molecule has 5 heteroatoms. The summed E-state index contributed by atoms with van der Waals surface area (Å²) in [6.45, 7) is 0.622. The first-order chi connectivity index (χ1) is 11.2. The van der Waals surface area contributed by atoms with Crippen LogP contribution < -0.4 is 0 Å². The summed E-state index contributed by atoms with van der Waals surface area (Å²) < 4.78 is 2.02. The fourth-order valence-corrected chi connectivity index (χ4v) is 2.51. The van der Waals surface area contributed by atoms with Crippen LogP contribution in [0.1, 0.15) is 11.1 Å². The fourth-order valence-electron chi connectivity index (χ4n) is 2.51. The van der Waals surface area contributed by atoms with E-state index in [2.05, 4.69) is 4.98 Å². The first-order valence-corrected chi connectivity index (χ1v) is 7.01. The maximum atomic E-state index is 11.1. The van der Waals surface area contributed by atoms with Gasteiger partial charge in [-0.25, -0.2) is 4.79 Å². The highest BCUT2D eigenvalue weighted by atomic mass is 16.4. The Morgan fingerprint density at radius 1 is 1.30 bits per heavy atom. The van der Waals surface area contributed by atoms with E-state index < -0.39 is 5.97 Å². The monoisotopic (exact) mass is 303 g/mol. The summed E-state index contributed by atoms with van der Waals surface area (Å²) in [6.07, 6.45) is 6.78. The number of aliphatic carboxylic acids is 1. The van der Waals surface area contributed by atoms with Crippen molar-refractivity contribution in [2.24, 2.45) is 0 Å². The van der Waals surface area contributed by atoms with Crippen molar-refractivity contribution in [3.05, 3.63) is 71.7 Å². The molecule has 0 aliphatic rings. The molecule has 1 N–H and O–H groups in total. The first kappa shape index (κ1) is 14.5. The van der Waals surface area contributed by atoms with Crippen molar-refractivity contribution < 1.29 is 9.90 Å². The number of fused-ring (bicyclic) bond motifs is 1. The molecule has 0 saturated carbocycles. The van der Waals surface area contributed by atoms with Gasteiger partial charge in [-0.15, -0.1) is 0 Å². The third kappa shape index (κ3) is 2.97. The number of para-hydroxylation sites is 1. The van der Waals surface area contributed by atoms with Gasteiger partial charge < -0.3 is 9.67 Å². The lowest BCUT2D eigenvalue weighted by Crippen LogP contribution is -1.98. The summed E-state index contributed by atoms with van der Waals surface area (Å²) in [5.74, 6) is -1.23. The van der Waals surface area contributed by atoms with Crippen molar-refractivity contribution in [2.75, 3.05) is 0 Å². The quantitative estimate of drug-likeness (QED) is 0.593. The summed E-state index contributed by atoms with van der Waals surface area (Å²) in [7, 11) is 0. The van der Waals surface area contributed by atoms with Crippen molar-refractivity contribution in [1.82, 2.24) is 9.55 Å². The number of aromatic nitrogens is 2. The zero-order valence-electron chi connectivity index (χ0n) is 12.2. The Labute approximate surface area is 132 Å². The smallest absolute Gasteiger partial charge is 0.346 e. The van der Waals surface area contributed by atoms with E-state index in [9.17, 15) is 4.79 Å². The number of pyridine rings is 1. The van der Waals surface area contributed by atoms with Crippen LogP contribution in [0, 0.1) is 11.3 Å². The zero-order valence-corrected chi connectivity index (χ0v) is 12.2. The second-order valence-corrected chi connectivity index (χ2v) is 5.07. The number of nitriles is 1. The van der Waals surface area contributed by atoms with Gasteiger partial charge in [0.15, 0.2) is 0 Å². The second-order valence-electron chi connectivity index (χ2n) is 5.07. The molecule has 0 saturated heterocycles. The van der Waals surface area contributed by atoms with Crippen LogP contribution in [-0.4, -0.2) is 20.6 Å². The molecular formula is C18H13N3O2. The summed E-state index contributed by atoms with van der Waals surface area (Å²) in [5.41, 5.74) is 2.45. The van der Waals surface area contributed by atoms with Gasteiger partial charge >= 0.3 is 5.97 Å². The average Bonchev–Trinajstić information content (AvgIpc) is 2.91. The molecule has 0 aliphatic carbocycles. The van der Waals surface area contributed by atoms with Gasteiger partial charge in [-0.3, -0.25) is 4.98 Å². The molecule has 0 amide bonds. The number of carboxylic acids is 1. The van der Waals surface area contributed by atoms with Crippen LogP contribution in [0.3, 0.4) is 0 Å². The topological polar surface area (TPSA) is 78.9 Å². The fraction of sp³-hybridized carbons (Fsp3) is 0.0556. The van der Waals surface area contributed by atoms with Crippen LogP contribution in [0.15, 0.2) is 60.6 Å². The van der Waals surface area contributed by atoms with E-state index in [0.717, 1.165) is 16.5 Å². The molecule has 2 aromatic heterocycles. The maximum absolute atomic E-state index is 11.1. The third-order valence-corrected chi connectivity index (χ3v) is 3.55. The van der Waals surface area contributed by atoms with Crippen molar-refractivity contribution >= 4 is 22.9 Å². The minimum Gasteiger partial charge on any atom is -0.477 e. The molecule has 0 radical (unpaired) electrons. The van der Waals surface area contributed by atoms with E-state index >= 15 is 0 Å². The van der Waals surface area contributed by atoms with Crippen molar-refractivity contribution in [3.8, 4) is 6.07 Å². The molecular weight excluding hydrogens is 290 g/mol. The van der Waals surface area contributed by atoms with E-state index in [1.54, 1.807) is 18.5 Å². The number of rotatable bonds is 4. The number of nitrogens with zero attached hydrogens (tertiary/aromatic N) is 3. The Balaban J connectivity index is 2.11. The van der Waals surface area contributed by atoms with Crippen molar-refractivity contribution in [1.29, 1.82) is 5.26 Å². The highest BCUT2D eigenvalue weighted by molar-refractivity contribution is 6.00. The molecule has 0 fully saturated rings. The zero-order chi connectivity index (χ0) is 16.2. The molecule has 0 bridgehead atoms. The Bertz CT molecular complexity index is 934. The molecule has 0 atom stereocenters. The molecule has 3 aromatic rings. The number of benzene rings is 1. The molecule has 0 unspecified atom stereocenters. The lowest BCUT2D eigenvalue weighted by molar-refractivity contribution is -0.132. The SMILES string of the molecule is N#C/C(=C\c1cn(Cc2cccnc2)c2ccccc12)C(=O)O. The Kier molecular flexibility index (Phi) is 3.89. The van der Waals surface area contributed by atoms with Gasteiger partial charge in [0, 0.05) is 41.6 Å². The van der Waals surface area contributed by atoms with Gasteiger partial charge in [0.2, 0.25) is 0 Å². The van der Waals surface area contributed by atoms with E-state index in [0.29, 0.717) is 12.1 Å². The van der Waals surface area contributed by atoms with Crippen LogP contribution in [0.4, 0.5) is 0 Å². The van der Waals surface area contributed by atoms with Gasteiger partial charge in [-0.2, -0.15) is 5.26 Å². The van der Waals surface area contributed by atoms with Crippen LogP contribution in [-0.2, 0) is 11.3 Å². The predicted octanol–water partition coefficient (Wildman–Crippen LogP) is 3.08. The predicted molar refractivity (Wildman–Crippen MR) is 86.5 cm³/mol. The van der Waals surface area contributed by atoms with Gasteiger partial charge in [0.25, 0.3) is 0 Å². The highest BCUT2D eigenvalue weighted by Gasteiger charge is 2.11.